The highest BCUT2D eigenvalue weighted by atomic mass is 16.8. The van der Waals surface area contributed by atoms with Gasteiger partial charge in [0.1, 0.15) is 36.3 Å². The first-order chi connectivity index (χ1) is 21.0. The first-order valence-electron chi connectivity index (χ1n) is 13.7. The highest BCUT2D eigenvalue weighted by Gasteiger charge is 2.60. The van der Waals surface area contributed by atoms with Gasteiger partial charge in [0.2, 0.25) is 6.29 Å². The van der Waals surface area contributed by atoms with E-state index in [1.165, 1.54) is 44.4 Å². The molecule has 44 heavy (non-hydrogen) atoms. The standard InChI is InChI=1S/C30H32O14/c1-14(41-21(33)8-5-15-3-6-16(32)7-4-15)18-11-30(44-27(18)38)10-9-17-19(26(37)39-2)13-40-28(22(17)30)43-29-25(36)24(35)23(34)20(12-31)42-29/h3-11,13-14,17,20,22-25,28-29,31-32,34-36H,12H2,1-2H3/b8-5+/t14-,17+,20+,22+,23+,24-,25+,28-,29-,30?/m0/s1. The monoisotopic (exact) mass is 616 g/mol. The van der Waals surface area contributed by atoms with Crippen LogP contribution in [-0.4, -0.2) is 106 Å². The summed E-state index contributed by atoms with van der Waals surface area (Å²) in [5.74, 6) is -3.97. The van der Waals surface area contributed by atoms with Crippen LogP contribution in [0.2, 0.25) is 0 Å². The van der Waals surface area contributed by atoms with E-state index in [0.717, 1.165) is 12.3 Å². The van der Waals surface area contributed by atoms with Crippen molar-refractivity contribution < 1.29 is 68.3 Å². The molecule has 10 atom stereocenters. The molecule has 14 nitrogen and oxygen atoms in total. The smallest absolute Gasteiger partial charge is 0.338 e. The third-order valence-electron chi connectivity index (χ3n) is 7.91. The first-order valence-corrected chi connectivity index (χ1v) is 13.7. The zero-order valence-corrected chi connectivity index (χ0v) is 23.6. The van der Waals surface area contributed by atoms with Gasteiger partial charge in [0.25, 0.3) is 0 Å². The minimum absolute atomic E-state index is 0.00226. The number of carbonyl (C=O) groups excluding carboxylic acids is 3. The molecule has 3 heterocycles. The number of benzene rings is 1. The van der Waals surface area contributed by atoms with Gasteiger partial charge in [-0.2, -0.15) is 0 Å². The number of aliphatic hydroxyl groups is 4. The predicted octanol–water partition coefficient (Wildman–Crippen LogP) is -0.409. The molecule has 0 bridgehead atoms. The fraction of sp³-hybridized carbons (Fsp3) is 0.433. The number of methoxy groups -OCH3 is 1. The molecular weight excluding hydrogens is 584 g/mol. The number of phenolic OH excluding ortho intramolecular Hbond substituents is 1. The van der Waals surface area contributed by atoms with Gasteiger partial charge < -0.3 is 54.0 Å². The molecule has 4 aliphatic rings. The number of allylic oxidation sites excluding steroid dienone is 1. The van der Waals surface area contributed by atoms with Gasteiger partial charge in [-0.15, -0.1) is 0 Å². The lowest BCUT2D eigenvalue weighted by Gasteiger charge is -2.44. The number of hydrogen-bond acceptors (Lipinski definition) is 14. The second kappa shape index (κ2) is 12.5. The Hall–Kier alpha value is -4.05. The normalized spacial score (nSPS) is 35.0. The quantitative estimate of drug-likeness (QED) is 0.109. The van der Waals surface area contributed by atoms with Crippen LogP contribution in [0.4, 0.5) is 0 Å². The lowest BCUT2D eigenvalue weighted by atomic mass is 9.78. The number of aliphatic hydroxyl groups excluding tert-OH is 4. The fourth-order valence-corrected chi connectivity index (χ4v) is 5.59. The van der Waals surface area contributed by atoms with Crippen LogP contribution in [0.1, 0.15) is 12.5 Å². The van der Waals surface area contributed by atoms with Crippen molar-refractivity contribution in [3.05, 3.63) is 71.5 Å². The van der Waals surface area contributed by atoms with Gasteiger partial charge in [0, 0.05) is 12.0 Å². The summed E-state index contributed by atoms with van der Waals surface area (Å²) < 4.78 is 33.2. The lowest BCUT2D eigenvalue weighted by molar-refractivity contribution is -0.344. The number of rotatable bonds is 8. The molecule has 0 saturated carbocycles. The van der Waals surface area contributed by atoms with Crippen molar-refractivity contribution in [3.8, 4) is 5.75 Å². The predicted molar refractivity (Wildman–Crippen MR) is 146 cm³/mol. The van der Waals surface area contributed by atoms with Crippen molar-refractivity contribution in [2.24, 2.45) is 11.8 Å². The Kier molecular flexibility index (Phi) is 8.92. The second-order valence-corrected chi connectivity index (χ2v) is 10.7. The van der Waals surface area contributed by atoms with Crippen LogP contribution >= 0.6 is 0 Å². The minimum atomic E-state index is -1.75. The Labute approximate surface area is 251 Å². The molecule has 14 heteroatoms. The molecule has 5 rings (SSSR count). The zero-order chi connectivity index (χ0) is 31.8. The number of carbonyl (C=O) groups is 3. The molecule has 1 unspecified atom stereocenters. The molecule has 1 saturated heterocycles. The van der Waals surface area contributed by atoms with Gasteiger partial charge >= 0.3 is 17.9 Å². The van der Waals surface area contributed by atoms with E-state index < -0.39 is 85.1 Å². The van der Waals surface area contributed by atoms with Crippen LogP contribution in [-0.2, 0) is 42.8 Å². The summed E-state index contributed by atoms with van der Waals surface area (Å²) in [5, 5.41) is 49.8. The Morgan fingerprint density at radius 1 is 1.09 bits per heavy atom. The van der Waals surface area contributed by atoms with Gasteiger partial charge in [-0.3, -0.25) is 0 Å². The van der Waals surface area contributed by atoms with Gasteiger partial charge in [-0.1, -0.05) is 18.2 Å². The Morgan fingerprint density at radius 3 is 2.50 bits per heavy atom. The van der Waals surface area contributed by atoms with E-state index in [9.17, 15) is 39.9 Å². The minimum Gasteiger partial charge on any atom is -0.508 e. The molecule has 3 aliphatic heterocycles. The lowest BCUT2D eigenvalue weighted by Crippen LogP contribution is -2.60. The average molecular weight is 617 g/mol. The number of phenols is 1. The third kappa shape index (κ3) is 5.87. The molecule has 5 N–H and O–H groups in total. The maximum atomic E-state index is 13.1. The number of hydrogen-bond donors (Lipinski definition) is 5. The molecule has 0 aromatic heterocycles. The van der Waals surface area contributed by atoms with Crippen LogP contribution in [0.3, 0.4) is 0 Å². The van der Waals surface area contributed by atoms with Gasteiger partial charge in [0.05, 0.1) is 37.0 Å². The van der Waals surface area contributed by atoms with E-state index in [4.69, 9.17) is 28.4 Å². The van der Waals surface area contributed by atoms with E-state index >= 15 is 0 Å². The van der Waals surface area contributed by atoms with Crippen molar-refractivity contribution >= 4 is 24.0 Å². The zero-order valence-electron chi connectivity index (χ0n) is 23.6. The van der Waals surface area contributed by atoms with E-state index in [0.29, 0.717) is 5.56 Å². The molecule has 0 amide bonds. The van der Waals surface area contributed by atoms with Crippen molar-refractivity contribution in [1.82, 2.24) is 0 Å². The van der Waals surface area contributed by atoms with Crippen LogP contribution in [0, 0.1) is 11.8 Å². The fourth-order valence-electron chi connectivity index (χ4n) is 5.59. The van der Waals surface area contributed by atoms with E-state index in [1.807, 2.05) is 0 Å². The SMILES string of the molecule is COC(=O)C1=CO[C@@H](O[C@@H]2O[C@H](CO)[C@@H](O)[C@H](O)[C@H]2O)[C@H]2[C@@H]1C=CC21C=C([C@H](C)OC(=O)/C=C/c2ccc(O)cc2)C(=O)O1. The Balaban J connectivity index is 1.39. The first kappa shape index (κ1) is 31.4. The number of esters is 3. The molecule has 1 fully saturated rings. The molecular formula is C30H32O14. The molecule has 1 spiro atoms. The topological polar surface area (TPSA) is 208 Å². The van der Waals surface area contributed by atoms with Crippen molar-refractivity contribution in [1.29, 1.82) is 0 Å². The molecule has 1 aliphatic carbocycles. The van der Waals surface area contributed by atoms with Crippen LogP contribution < -0.4 is 0 Å². The summed E-state index contributed by atoms with van der Waals surface area (Å²) in [4.78, 5) is 38.2. The van der Waals surface area contributed by atoms with Gasteiger partial charge in [0.15, 0.2) is 11.9 Å². The Bertz CT molecular complexity index is 1390. The Morgan fingerprint density at radius 2 is 1.82 bits per heavy atom. The molecule has 1 aromatic carbocycles. The highest BCUT2D eigenvalue weighted by molar-refractivity contribution is 5.95. The van der Waals surface area contributed by atoms with Crippen molar-refractivity contribution in [3.63, 3.8) is 0 Å². The summed E-state index contributed by atoms with van der Waals surface area (Å²) >= 11 is 0. The van der Waals surface area contributed by atoms with Crippen LogP contribution in [0.15, 0.2) is 66.0 Å². The van der Waals surface area contributed by atoms with Gasteiger partial charge in [-0.25, -0.2) is 14.4 Å². The average Bonchev–Trinajstić information content (AvgIpc) is 3.56. The van der Waals surface area contributed by atoms with Crippen LogP contribution in [0.5, 0.6) is 5.75 Å². The maximum absolute atomic E-state index is 13.1. The maximum Gasteiger partial charge on any atom is 0.338 e. The number of fused-ring (bicyclic) bond motifs is 2. The summed E-state index contributed by atoms with van der Waals surface area (Å²) in [6.45, 7) is 0.790. The second-order valence-electron chi connectivity index (χ2n) is 10.7. The highest BCUT2D eigenvalue weighted by Crippen LogP contribution is 2.51. The molecule has 0 radical (unpaired) electrons. The molecule has 236 valence electrons. The van der Waals surface area contributed by atoms with Gasteiger partial charge in [-0.05, 0) is 42.8 Å². The van der Waals surface area contributed by atoms with Crippen LogP contribution in [0.25, 0.3) is 6.08 Å². The summed E-state index contributed by atoms with van der Waals surface area (Å²) in [7, 11) is 1.18. The summed E-state index contributed by atoms with van der Waals surface area (Å²) in [5.41, 5.74) is -0.852. The summed E-state index contributed by atoms with van der Waals surface area (Å²) in [6.07, 6.45) is -2.06. The van der Waals surface area contributed by atoms with Crippen molar-refractivity contribution in [2.45, 2.75) is 55.6 Å². The summed E-state index contributed by atoms with van der Waals surface area (Å²) in [6, 6.07) is 6.11. The third-order valence-corrected chi connectivity index (χ3v) is 7.91. The van der Waals surface area contributed by atoms with Crippen molar-refractivity contribution in [2.75, 3.05) is 13.7 Å². The molecule has 1 aromatic rings. The number of ether oxygens (including phenoxy) is 6. The van der Waals surface area contributed by atoms with E-state index in [1.54, 1.807) is 18.2 Å². The number of aromatic hydroxyl groups is 1. The van der Waals surface area contributed by atoms with E-state index in [-0.39, 0.29) is 16.9 Å². The van der Waals surface area contributed by atoms with E-state index in [2.05, 4.69) is 0 Å². The largest absolute Gasteiger partial charge is 0.508 e.